The van der Waals surface area contributed by atoms with Gasteiger partial charge in [-0.15, -0.1) is 0 Å². The molecular weight excluding hydrogens is 269 g/mol. The lowest BCUT2D eigenvalue weighted by molar-refractivity contribution is -0.144. The first-order chi connectivity index (χ1) is 8.08. The highest BCUT2D eigenvalue weighted by Crippen LogP contribution is 2.17. The number of primary sulfonamides is 1. The minimum absolute atomic E-state index is 0.0651. The van der Waals surface area contributed by atoms with Gasteiger partial charge < -0.3 is 0 Å². The fraction of sp³-hybridized carbons (Fsp3) is 0.400. The average molecular weight is 282 g/mol. The number of hydrogen-bond donors (Lipinski definition) is 1. The molecule has 0 unspecified atom stereocenters. The average Bonchev–Trinajstić information content (AvgIpc) is 2.13. The van der Waals surface area contributed by atoms with E-state index < -0.39 is 22.7 Å². The second-order valence-electron chi connectivity index (χ2n) is 3.98. The SMILES string of the molecule is CN(Cc1ccc(S(N)(=O)=O)cc1)CC(F)(F)F. The topological polar surface area (TPSA) is 63.4 Å². The van der Waals surface area contributed by atoms with Gasteiger partial charge in [0.15, 0.2) is 0 Å². The van der Waals surface area contributed by atoms with Crippen molar-refractivity contribution in [3.05, 3.63) is 29.8 Å². The van der Waals surface area contributed by atoms with Crippen LogP contribution < -0.4 is 5.14 Å². The summed E-state index contributed by atoms with van der Waals surface area (Å²) in [7, 11) is -2.44. The molecule has 18 heavy (non-hydrogen) atoms. The molecule has 0 aromatic heterocycles. The van der Waals surface area contributed by atoms with E-state index in [1.165, 1.54) is 31.3 Å². The third-order valence-corrected chi connectivity index (χ3v) is 3.08. The Labute approximate surface area is 103 Å². The first-order valence-electron chi connectivity index (χ1n) is 4.95. The van der Waals surface area contributed by atoms with E-state index >= 15 is 0 Å². The second kappa shape index (κ2) is 5.25. The Bertz CT molecular complexity index is 497. The van der Waals surface area contributed by atoms with Gasteiger partial charge in [-0.05, 0) is 24.7 Å². The molecule has 8 heteroatoms. The molecule has 0 bridgehead atoms. The van der Waals surface area contributed by atoms with Crippen LogP contribution in [0.15, 0.2) is 29.2 Å². The molecule has 0 saturated heterocycles. The fourth-order valence-electron chi connectivity index (χ4n) is 1.46. The van der Waals surface area contributed by atoms with E-state index in [9.17, 15) is 21.6 Å². The number of hydrogen-bond acceptors (Lipinski definition) is 3. The summed E-state index contributed by atoms with van der Waals surface area (Å²) >= 11 is 0. The van der Waals surface area contributed by atoms with Crippen molar-refractivity contribution in [3.8, 4) is 0 Å². The molecule has 102 valence electrons. The Kier molecular flexibility index (Phi) is 4.36. The second-order valence-corrected chi connectivity index (χ2v) is 5.54. The number of alkyl halides is 3. The minimum atomic E-state index is -4.25. The first kappa shape index (κ1) is 14.9. The maximum atomic E-state index is 12.1. The van der Waals surface area contributed by atoms with E-state index in [1.54, 1.807) is 0 Å². The summed E-state index contributed by atoms with van der Waals surface area (Å²) in [5.74, 6) is 0. The van der Waals surface area contributed by atoms with Crippen molar-refractivity contribution in [2.75, 3.05) is 13.6 Å². The van der Waals surface area contributed by atoms with Crippen LogP contribution in [0.1, 0.15) is 5.56 Å². The van der Waals surface area contributed by atoms with Crippen LogP contribution >= 0.6 is 0 Å². The Hall–Kier alpha value is -1.12. The normalized spacial score (nSPS) is 13.0. The van der Waals surface area contributed by atoms with Crippen molar-refractivity contribution in [1.82, 2.24) is 4.90 Å². The Morgan fingerprint density at radius 2 is 1.72 bits per heavy atom. The third kappa shape index (κ3) is 5.03. The van der Waals surface area contributed by atoms with E-state index in [4.69, 9.17) is 5.14 Å². The lowest BCUT2D eigenvalue weighted by Crippen LogP contribution is -2.30. The third-order valence-electron chi connectivity index (χ3n) is 2.15. The summed E-state index contributed by atoms with van der Waals surface area (Å²) in [6.45, 7) is -0.950. The lowest BCUT2D eigenvalue weighted by atomic mass is 10.2. The largest absolute Gasteiger partial charge is 0.401 e. The zero-order chi connectivity index (χ0) is 14.0. The van der Waals surface area contributed by atoms with Gasteiger partial charge in [0.1, 0.15) is 0 Å². The predicted molar refractivity (Wildman–Crippen MR) is 60.2 cm³/mol. The van der Waals surface area contributed by atoms with Crippen LogP contribution in [0.3, 0.4) is 0 Å². The molecular formula is C10H13F3N2O2S. The van der Waals surface area contributed by atoms with Gasteiger partial charge in [-0.1, -0.05) is 12.1 Å². The molecule has 0 saturated carbocycles. The van der Waals surface area contributed by atoms with Crippen LogP contribution in [0.5, 0.6) is 0 Å². The number of rotatable bonds is 4. The van der Waals surface area contributed by atoms with E-state index in [2.05, 4.69) is 0 Å². The maximum absolute atomic E-state index is 12.1. The van der Waals surface area contributed by atoms with Gasteiger partial charge in [0.25, 0.3) is 0 Å². The first-order valence-corrected chi connectivity index (χ1v) is 6.49. The van der Waals surface area contributed by atoms with Crippen molar-refractivity contribution >= 4 is 10.0 Å². The molecule has 0 radical (unpaired) electrons. The molecule has 1 aromatic carbocycles. The molecule has 0 aliphatic carbocycles. The lowest BCUT2D eigenvalue weighted by Gasteiger charge is -2.18. The summed E-state index contributed by atoms with van der Waals surface area (Å²) in [5, 5.41) is 4.90. The number of benzene rings is 1. The van der Waals surface area contributed by atoms with Crippen molar-refractivity contribution in [3.63, 3.8) is 0 Å². The summed E-state index contributed by atoms with van der Waals surface area (Å²) in [4.78, 5) is 1.02. The standard InChI is InChI=1S/C10H13F3N2O2S/c1-15(7-10(11,12)13)6-8-2-4-9(5-3-8)18(14,16)17/h2-5H,6-7H2,1H3,(H2,14,16,17). The quantitative estimate of drug-likeness (QED) is 0.906. The molecule has 0 heterocycles. The molecule has 0 spiro atoms. The van der Waals surface area contributed by atoms with Gasteiger partial charge in [0, 0.05) is 6.54 Å². The van der Waals surface area contributed by atoms with Gasteiger partial charge in [0.2, 0.25) is 10.0 Å². The number of nitrogens with zero attached hydrogens (tertiary/aromatic N) is 1. The van der Waals surface area contributed by atoms with Crippen molar-refractivity contribution in [2.45, 2.75) is 17.6 Å². The highest BCUT2D eigenvalue weighted by Gasteiger charge is 2.29. The molecule has 4 nitrogen and oxygen atoms in total. The summed E-state index contributed by atoms with van der Waals surface area (Å²) < 4.78 is 58.2. The van der Waals surface area contributed by atoms with E-state index in [1.807, 2.05) is 0 Å². The Balaban J connectivity index is 2.70. The van der Waals surface area contributed by atoms with Crippen LogP contribution in [0.2, 0.25) is 0 Å². The van der Waals surface area contributed by atoms with Gasteiger partial charge in [-0.2, -0.15) is 13.2 Å². The number of halogens is 3. The fourth-order valence-corrected chi connectivity index (χ4v) is 1.97. The zero-order valence-electron chi connectivity index (χ0n) is 9.61. The minimum Gasteiger partial charge on any atom is -0.294 e. The molecule has 0 amide bonds. The van der Waals surface area contributed by atoms with Gasteiger partial charge in [-0.25, -0.2) is 13.6 Å². The van der Waals surface area contributed by atoms with Crippen LogP contribution in [0.25, 0.3) is 0 Å². The van der Waals surface area contributed by atoms with Crippen molar-refractivity contribution < 1.29 is 21.6 Å². The predicted octanol–water partition coefficient (Wildman–Crippen LogP) is 1.33. The van der Waals surface area contributed by atoms with Crippen LogP contribution in [-0.4, -0.2) is 33.1 Å². The molecule has 0 atom stereocenters. The smallest absolute Gasteiger partial charge is 0.294 e. The summed E-state index contributed by atoms with van der Waals surface area (Å²) in [6, 6.07) is 5.41. The molecule has 0 fully saturated rings. The molecule has 2 N–H and O–H groups in total. The zero-order valence-corrected chi connectivity index (χ0v) is 10.4. The van der Waals surface area contributed by atoms with Crippen molar-refractivity contribution in [1.29, 1.82) is 0 Å². The molecule has 1 rings (SSSR count). The van der Waals surface area contributed by atoms with Gasteiger partial charge >= 0.3 is 6.18 Å². The maximum Gasteiger partial charge on any atom is 0.401 e. The highest BCUT2D eigenvalue weighted by molar-refractivity contribution is 7.89. The van der Waals surface area contributed by atoms with E-state index in [0.717, 1.165) is 4.90 Å². The van der Waals surface area contributed by atoms with Gasteiger partial charge in [0.05, 0.1) is 11.4 Å². The Morgan fingerprint density at radius 3 is 2.11 bits per heavy atom. The van der Waals surface area contributed by atoms with Crippen LogP contribution in [0.4, 0.5) is 13.2 Å². The van der Waals surface area contributed by atoms with E-state index in [0.29, 0.717) is 5.56 Å². The molecule has 0 aliphatic rings. The Morgan fingerprint density at radius 1 is 1.22 bits per heavy atom. The van der Waals surface area contributed by atoms with Gasteiger partial charge in [-0.3, -0.25) is 4.90 Å². The number of sulfonamides is 1. The number of nitrogens with two attached hydrogens (primary N) is 1. The molecule has 1 aromatic rings. The highest BCUT2D eigenvalue weighted by atomic mass is 32.2. The summed E-state index contributed by atoms with van der Waals surface area (Å²) in [5.41, 5.74) is 0.578. The van der Waals surface area contributed by atoms with Crippen LogP contribution in [0, 0.1) is 0 Å². The molecule has 0 aliphatic heterocycles. The monoisotopic (exact) mass is 282 g/mol. The van der Waals surface area contributed by atoms with Crippen molar-refractivity contribution in [2.24, 2.45) is 5.14 Å². The van der Waals surface area contributed by atoms with Crippen LogP contribution in [-0.2, 0) is 16.6 Å². The summed E-state index contributed by atoms with van der Waals surface area (Å²) in [6.07, 6.45) is -4.25. The van der Waals surface area contributed by atoms with E-state index in [-0.39, 0.29) is 11.4 Å².